The normalized spacial score (nSPS) is 13.7. The molecule has 0 aromatic heterocycles. The molecule has 0 heterocycles. The van der Waals surface area contributed by atoms with Crippen molar-refractivity contribution in [2.45, 2.75) is 33.6 Å². The molecule has 0 aromatic carbocycles. The highest BCUT2D eigenvalue weighted by atomic mass is 16.5. The van der Waals surface area contributed by atoms with Crippen LogP contribution in [0.15, 0.2) is 28.8 Å². The highest BCUT2D eigenvalue weighted by Crippen LogP contribution is 2.00. The summed E-state index contributed by atoms with van der Waals surface area (Å²) >= 11 is 0. The summed E-state index contributed by atoms with van der Waals surface area (Å²) in [5, 5.41) is 0. The van der Waals surface area contributed by atoms with Crippen LogP contribution in [-0.4, -0.2) is 19.6 Å². The van der Waals surface area contributed by atoms with E-state index in [2.05, 4.69) is 37.1 Å². The van der Waals surface area contributed by atoms with Gasteiger partial charge in [0.15, 0.2) is 5.90 Å². The van der Waals surface area contributed by atoms with Gasteiger partial charge in [-0.2, -0.15) is 0 Å². The molecule has 0 amide bonds. The van der Waals surface area contributed by atoms with Crippen molar-refractivity contribution < 1.29 is 4.74 Å². The van der Waals surface area contributed by atoms with Crippen LogP contribution in [0.4, 0.5) is 0 Å². The molecular formula is C12H21NO. The zero-order chi connectivity index (χ0) is 10.8. The minimum absolute atomic E-state index is 0.717. The van der Waals surface area contributed by atoms with E-state index in [-0.39, 0.29) is 0 Å². The number of allylic oxidation sites excluding steroid dienone is 3. The van der Waals surface area contributed by atoms with Gasteiger partial charge in [0.1, 0.15) is 0 Å². The van der Waals surface area contributed by atoms with Crippen molar-refractivity contribution in [1.82, 2.24) is 0 Å². The Morgan fingerprint density at radius 1 is 1.29 bits per heavy atom. The SMILES string of the molecule is CC=C(C)CC=CCCOC(C)=NC. The first-order valence-corrected chi connectivity index (χ1v) is 5.03. The summed E-state index contributed by atoms with van der Waals surface area (Å²) in [6.45, 7) is 6.78. The molecule has 0 aliphatic heterocycles. The van der Waals surface area contributed by atoms with Crippen LogP contribution in [-0.2, 0) is 4.74 Å². The van der Waals surface area contributed by atoms with Crippen LogP contribution in [0, 0.1) is 0 Å². The fourth-order valence-corrected chi connectivity index (χ4v) is 0.844. The molecule has 80 valence electrons. The van der Waals surface area contributed by atoms with Gasteiger partial charge >= 0.3 is 0 Å². The van der Waals surface area contributed by atoms with Crippen molar-refractivity contribution in [1.29, 1.82) is 0 Å². The van der Waals surface area contributed by atoms with E-state index in [1.807, 2.05) is 6.92 Å². The number of ether oxygens (including phenoxy) is 1. The first-order valence-electron chi connectivity index (χ1n) is 5.03. The maximum atomic E-state index is 5.31. The summed E-state index contributed by atoms with van der Waals surface area (Å²) in [6.07, 6.45) is 8.45. The third kappa shape index (κ3) is 7.59. The summed E-state index contributed by atoms with van der Waals surface area (Å²) < 4.78 is 5.31. The lowest BCUT2D eigenvalue weighted by Gasteiger charge is -2.01. The predicted octanol–water partition coefficient (Wildman–Crippen LogP) is 3.35. The van der Waals surface area contributed by atoms with Gasteiger partial charge < -0.3 is 4.74 Å². The lowest BCUT2D eigenvalue weighted by Crippen LogP contribution is -1.99. The van der Waals surface area contributed by atoms with Crippen LogP contribution in [0.2, 0.25) is 0 Å². The van der Waals surface area contributed by atoms with Gasteiger partial charge in [-0.1, -0.05) is 23.8 Å². The van der Waals surface area contributed by atoms with E-state index >= 15 is 0 Å². The molecule has 0 N–H and O–H groups in total. The Bertz CT molecular complexity index is 226. The average Bonchev–Trinajstić information content (AvgIpc) is 2.22. The lowest BCUT2D eigenvalue weighted by molar-refractivity contribution is 0.309. The lowest BCUT2D eigenvalue weighted by atomic mass is 10.2. The van der Waals surface area contributed by atoms with Gasteiger partial charge in [0, 0.05) is 14.0 Å². The van der Waals surface area contributed by atoms with Gasteiger partial charge in [-0.25, -0.2) is 0 Å². The van der Waals surface area contributed by atoms with Crippen LogP contribution in [0.3, 0.4) is 0 Å². The molecule has 0 rings (SSSR count). The summed E-state index contributed by atoms with van der Waals surface area (Å²) in [5.74, 6) is 0.753. The minimum atomic E-state index is 0.717. The highest BCUT2D eigenvalue weighted by molar-refractivity contribution is 5.72. The molecule has 0 aliphatic carbocycles. The van der Waals surface area contributed by atoms with E-state index in [4.69, 9.17) is 4.74 Å². The second-order valence-electron chi connectivity index (χ2n) is 3.19. The number of rotatable bonds is 5. The summed E-state index contributed by atoms with van der Waals surface area (Å²) in [5.41, 5.74) is 1.40. The standard InChI is InChI=1S/C12H21NO/c1-5-11(2)9-7-6-8-10-14-12(3)13-4/h5-7H,8-10H2,1-4H3. The Kier molecular flexibility index (Phi) is 7.90. The molecule has 2 heteroatoms. The fraction of sp³-hybridized carbons (Fsp3) is 0.583. The molecule has 0 unspecified atom stereocenters. The zero-order valence-corrected chi connectivity index (χ0v) is 9.71. The maximum absolute atomic E-state index is 5.31. The van der Waals surface area contributed by atoms with Crippen molar-refractivity contribution in [2.24, 2.45) is 4.99 Å². The molecule has 0 bridgehead atoms. The van der Waals surface area contributed by atoms with Gasteiger partial charge in [-0.3, -0.25) is 4.99 Å². The van der Waals surface area contributed by atoms with Crippen LogP contribution >= 0.6 is 0 Å². The molecular weight excluding hydrogens is 174 g/mol. The Morgan fingerprint density at radius 2 is 2.00 bits per heavy atom. The number of hydrogen-bond donors (Lipinski definition) is 0. The van der Waals surface area contributed by atoms with Crippen LogP contribution in [0.25, 0.3) is 0 Å². The molecule has 0 atom stereocenters. The Morgan fingerprint density at radius 3 is 2.57 bits per heavy atom. The van der Waals surface area contributed by atoms with E-state index in [0.717, 1.165) is 18.7 Å². The van der Waals surface area contributed by atoms with Crippen molar-refractivity contribution in [3.63, 3.8) is 0 Å². The molecule has 0 aliphatic rings. The summed E-state index contributed by atoms with van der Waals surface area (Å²) in [6, 6.07) is 0. The van der Waals surface area contributed by atoms with Gasteiger partial charge in [0.2, 0.25) is 0 Å². The van der Waals surface area contributed by atoms with E-state index < -0.39 is 0 Å². The van der Waals surface area contributed by atoms with E-state index in [0.29, 0.717) is 6.61 Å². The topological polar surface area (TPSA) is 21.6 Å². The van der Waals surface area contributed by atoms with E-state index in [1.165, 1.54) is 5.57 Å². The van der Waals surface area contributed by atoms with E-state index in [9.17, 15) is 0 Å². The molecule has 0 radical (unpaired) electrons. The Balaban J connectivity index is 3.45. The smallest absolute Gasteiger partial charge is 0.179 e. The van der Waals surface area contributed by atoms with Gasteiger partial charge in [-0.05, 0) is 26.7 Å². The number of aliphatic imine (C=N–C) groups is 1. The number of nitrogens with zero attached hydrogens (tertiary/aromatic N) is 1. The molecule has 2 nitrogen and oxygen atoms in total. The quantitative estimate of drug-likeness (QED) is 0.285. The van der Waals surface area contributed by atoms with Crippen molar-refractivity contribution in [3.05, 3.63) is 23.8 Å². The van der Waals surface area contributed by atoms with Crippen LogP contribution < -0.4 is 0 Å². The van der Waals surface area contributed by atoms with Crippen LogP contribution in [0.1, 0.15) is 33.6 Å². The zero-order valence-electron chi connectivity index (χ0n) is 9.71. The minimum Gasteiger partial charge on any atom is -0.481 e. The maximum Gasteiger partial charge on any atom is 0.179 e. The molecule has 0 fully saturated rings. The largest absolute Gasteiger partial charge is 0.481 e. The Labute approximate surface area is 87.4 Å². The fourth-order valence-electron chi connectivity index (χ4n) is 0.844. The third-order valence-electron chi connectivity index (χ3n) is 2.01. The highest BCUT2D eigenvalue weighted by Gasteiger charge is 1.87. The second kappa shape index (κ2) is 8.54. The first-order chi connectivity index (χ1) is 6.70. The summed E-state index contributed by atoms with van der Waals surface area (Å²) in [7, 11) is 1.74. The predicted molar refractivity (Wildman–Crippen MR) is 62.8 cm³/mol. The number of hydrogen-bond acceptors (Lipinski definition) is 2. The van der Waals surface area contributed by atoms with Crippen molar-refractivity contribution in [2.75, 3.05) is 13.7 Å². The monoisotopic (exact) mass is 195 g/mol. The van der Waals surface area contributed by atoms with Crippen LogP contribution in [0.5, 0.6) is 0 Å². The average molecular weight is 195 g/mol. The molecule has 0 saturated carbocycles. The molecule has 0 spiro atoms. The van der Waals surface area contributed by atoms with Crippen molar-refractivity contribution in [3.8, 4) is 0 Å². The molecule has 0 saturated heterocycles. The van der Waals surface area contributed by atoms with Gasteiger partial charge in [0.25, 0.3) is 0 Å². The van der Waals surface area contributed by atoms with Gasteiger partial charge in [-0.15, -0.1) is 0 Å². The van der Waals surface area contributed by atoms with E-state index in [1.54, 1.807) is 7.05 Å². The first kappa shape index (κ1) is 12.9. The third-order valence-corrected chi connectivity index (χ3v) is 2.01. The summed E-state index contributed by atoms with van der Waals surface area (Å²) in [4.78, 5) is 3.91. The Hall–Kier alpha value is -1.05. The van der Waals surface area contributed by atoms with Gasteiger partial charge in [0.05, 0.1) is 6.61 Å². The molecule has 14 heavy (non-hydrogen) atoms. The van der Waals surface area contributed by atoms with Crippen molar-refractivity contribution >= 4 is 5.90 Å². The second-order valence-corrected chi connectivity index (χ2v) is 3.19. The molecule has 0 aromatic rings.